The zero-order valence-electron chi connectivity index (χ0n) is 8.66. The maximum atomic E-state index is 13.3. The first-order chi connectivity index (χ1) is 7.65. The smallest absolute Gasteiger partial charge is 0.307 e. The van der Waals surface area contributed by atoms with Crippen LogP contribution in [0.3, 0.4) is 0 Å². The van der Waals surface area contributed by atoms with E-state index < -0.39 is 17.8 Å². The van der Waals surface area contributed by atoms with Gasteiger partial charge >= 0.3 is 5.97 Å². The molecule has 0 aliphatic rings. The van der Waals surface area contributed by atoms with Crippen molar-refractivity contribution < 1.29 is 13.9 Å². The summed E-state index contributed by atoms with van der Waals surface area (Å²) < 4.78 is 18.0. The number of hydrogen-bond donors (Lipinski definition) is 1. The Morgan fingerprint density at radius 1 is 1.50 bits per heavy atom. The molecule has 16 heavy (non-hydrogen) atoms. The van der Waals surface area contributed by atoms with Crippen LogP contribution in [-0.2, 0) is 9.53 Å². The fourth-order valence-electron chi connectivity index (χ4n) is 1.28. The van der Waals surface area contributed by atoms with E-state index in [4.69, 9.17) is 22.1 Å². The Balaban J connectivity index is 2.55. The number of carbonyl (C=O) groups is 1. The largest absolute Gasteiger partial charge is 0.464 e. The Hall–Kier alpha value is -1.13. The van der Waals surface area contributed by atoms with Gasteiger partial charge in [0.2, 0.25) is 0 Å². The molecule has 0 spiro atoms. The van der Waals surface area contributed by atoms with Crippen LogP contribution >= 0.6 is 11.6 Å². The molecule has 0 fully saturated rings. The van der Waals surface area contributed by atoms with Crippen molar-refractivity contribution in [3.63, 3.8) is 0 Å². The molecule has 0 aromatic heterocycles. The summed E-state index contributed by atoms with van der Waals surface area (Å²) in [5.41, 5.74) is 6.01. The molecule has 1 aromatic carbocycles. The van der Waals surface area contributed by atoms with Gasteiger partial charge in [-0.3, -0.25) is 4.79 Å². The van der Waals surface area contributed by atoms with Crippen molar-refractivity contribution in [3.8, 4) is 0 Å². The lowest BCUT2D eigenvalue weighted by atomic mass is 10.0. The summed E-state index contributed by atoms with van der Waals surface area (Å²) >= 11 is 5.36. The number of rotatable bonds is 5. The Bertz CT molecular complexity index is 360. The fraction of sp³-hybridized carbons (Fsp3) is 0.364. The van der Waals surface area contributed by atoms with E-state index in [0.717, 1.165) is 0 Å². The molecule has 0 unspecified atom stereocenters. The van der Waals surface area contributed by atoms with E-state index in [1.807, 2.05) is 0 Å². The number of carbonyl (C=O) groups excluding carboxylic acids is 1. The number of nitrogens with two attached hydrogens (primary N) is 1. The molecule has 5 heteroatoms. The van der Waals surface area contributed by atoms with E-state index in [1.54, 1.807) is 18.2 Å². The molecule has 0 saturated carbocycles. The second kappa shape index (κ2) is 6.45. The van der Waals surface area contributed by atoms with Gasteiger partial charge in [0.1, 0.15) is 12.4 Å². The third-order valence-corrected chi connectivity index (χ3v) is 2.19. The average Bonchev–Trinajstić information content (AvgIpc) is 2.26. The SMILES string of the molecule is N[C@H](CC(=O)OCCCl)c1ccccc1F. The molecule has 1 atom stereocenters. The van der Waals surface area contributed by atoms with Crippen LogP contribution in [0.15, 0.2) is 24.3 Å². The predicted molar refractivity (Wildman–Crippen MR) is 59.6 cm³/mol. The van der Waals surface area contributed by atoms with Gasteiger partial charge in [-0.15, -0.1) is 11.6 Å². The topological polar surface area (TPSA) is 52.3 Å². The Morgan fingerprint density at radius 3 is 2.81 bits per heavy atom. The van der Waals surface area contributed by atoms with Gasteiger partial charge in [-0.1, -0.05) is 18.2 Å². The van der Waals surface area contributed by atoms with Gasteiger partial charge in [0, 0.05) is 11.6 Å². The van der Waals surface area contributed by atoms with Gasteiger partial charge in [0.15, 0.2) is 0 Å². The molecular weight excluding hydrogens is 233 g/mol. The van der Waals surface area contributed by atoms with Crippen molar-refractivity contribution in [1.29, 1.82) is 0 Å². The van der Waals surface area contributed by atoms with Crippen molar-refractivity contribution >= 4 is 17.6 Å². The first-order valence-electron chi connectivity index (χ1n) is 4.86. The number of alkyl halides is 1. The van der Waals surface area contributed by atoms with Crippen LogP contribution in [0, 0.1) is 5.82 Å². The van der Waals surface area contributed by atoms with E-state index in [1.165, 1.54) is 6.07 Å². The number of hydrogen-bond acceptors (Lipinski definition) is 3. The van der Waals surface area contributed by atoms with Crippen molar-refractivity contribution in [1.82, 2.24) is 0 Å². The zero-order valence-corrected chi connectivity index (χ0v) is 9.41. The van der Waals surface area contributed by atoms with Crippen molar-refractivity contribution in [3.05, 3.63) is 35.6 Å². The molecule has 0 radical (unpaired) electrons. The second-order valence-electron chi connectivity index (χ2n) is 3.24. The molecule has 0 aliphatic heterocycles. The Labute approximate surface area is 98.3 Å². The van der Waals surface area contributed by atoms with E-state index in [2.05, 4.69) is 0 Å². The van der Waals surface area contributed by atoms with Crippen molar-refractivity contribution in [2.24, 2.45) is 5.73 Å². The van der Waals surface area contributed by atoms with Crippen LogP contribution in [0.25, 0.3) is 0 Å². The van der Waals surface area contributed by atoms with Gasteiger partial charge < -0.3 is 10.5 Å². The van der Waals surface area contributed by atoms with Crippen molar-refractivity contribution in [2.45, 2.75) is 12.5 Å². The first-order valence-corrected chi connectivity index (χ1v) is 5.40. The minimum absolute atomic E-state index is 0.0577. The van der Waals surface area contributed by atoms with E-state index in [9.17, 15) is 9.18 Å². The summed E-state index contributed by atoms with van der Waals surface area (Å²) in [6, 6.07) is 5.40. The quantitative estimate of drug-likeness (QED) is 0.638. The first kappa shape index (κ1) is 12.9. The minimum Gasteiger partial charge on any atom is -0.464 e. The highest BCUT2D eigenvalue weighted by atomic mass is 35.5. The van der Waals surface area contributed by atoms with Crippen LogP contribution in [-0.4, -0.2) is 18.5 Å². The van der Waals surface area contributed by atoms with Crippen LogP contribution in [0.5, 0.6) is 0 Å². The fourth-order valence-corrected chi connectivity index (χ4v) is 1.35. The summed E-state index contributed by atoms with van der Waals surface area (Å²) in [5.74, 6) is -0.655. The monoisotopic (exact) mass is 245 g/mol. The summed E-state index contributed by atoms with van der Waals surface area (Å²) in [7, 11) is 0. The van der Waals surface area contributed by atoms with E-state index in [0.29, 0.717) is 5.56 Å². The summed E-state index contributed by atoms with van der Waals surface area (Å²) in [4.78, 5) is 11.2. The van der Waals surface area contributed by atoms with E-state index >= 15 is 0 Å². The van der Waals surface area contributed by atoms with Gasteiger partial charge in [0.05, 0.1) is 12.3 Å². The maximum Gasteiger partial charge on any atom is 0.307 e. The highest BCUT2D eigenvalue weighted by Crippen LogP contribution is 2.17. The Morgan fingerprint density at radius 2 is 2.19 bits per heavy atom. The molecule has 0 heterocycles. The number of benzene rings is 1. The summed E-state index contributed by atoms with van der Waals surface area (Å²) in [6.07, 6.45) is -0.0577. The number of halogens is 2. The molecule has 1 rings (SSSR count). The molecular formula is C11H13ClFNO2. The van der Waals surface area contributed by atoms with Crippen LogP contribution in [0.2, 0.25) is 0 Å². The molecule has 3 nitrogen and oxygen atoms in total. The van der Waals surface area contributed by atoms with Gasteiger partial charge in [-0.05, 0) is 6.07 Å². The maximum absolute atomic E-state index is 13.3. The van der Waals surface area contributed by atoms with E-state index in [-0.39, 0.29) is 18.9 Å². The molecule has 0 bridgehead atoms. The standard InChI is InChI=1S/C11H13ClFNO2/c12-5-6-16-11(15)7-10(14)8-3-1-2-4-9(8)13/h1-4,10H,5-7,14H2/t10-/m1/s1. The summed E-state index contributed by atoms with van der Waals surface area (Å²) in [6.45, 7) is 0.143. The molecule has 1 aromatic rings. The molecule has 0 aliphatic carbocycles. The number of ether oxygens (including phenoxy) is 1. The normalized spacial score (nSPS) is 12.2. The van der Waals surface area contributed by atoms with Crippen molar-refractivity contribution in [2.75, 3.05) is 12.5 Å². The lowest BCUT2D eigenvalue weighted by Crippen LogP contribution is -2.18. The van der Waals surface area contributed by atoms with Gasteiger partial charge in [-0.2, -0.15) is 0 Å². The highest BCUT2D eigenvalue weighted by Gasteiger charge is 2.15. The van der Waals surface area contributed by atoms with Gasteiger partial charge in [-0.25, -0.2) is 4.39 Å². The third-order valence-electron chi connectivity index (χ3n) is 2.03. The van der Waals surface area contributed by atoms with Gasteiger partial charge in [0.25, 0.3) is 0 Å². The van der Waals surface area contributed by atoms with Crippen LogP contribution in [0.1, 0.15) is 18.0 Å². The molecule has 0 amide bonds. The lowest BCUT2D eigenvalue weighted by molar-refractivity contribution is -0.143. The average molecular weight is 246 g/mol. The molecule has 0 saturated heterocycles. The Kier molecular flexibility index (Phi) is 5.22. The molecule has 88 valence electrons. The lowest BCUT2D eigenvalue weighted by Gasteiger charge is -2.11. The predicted octanol–water partition coefficient (Wildman–Crippen LogP) is 2.00. The van der Waals surface area contributed by atoms with Crippen LogP contribution < -0.4 is 5.73 Å². The van der Waals surface area contributed by atoms with Crippen LogP contribution in [0.4, 0.5) is 4.39 Å². The second-order valence-corrected chi connectivity index (χ2v) is 3.62. The number of esters is 1. The summed E-state index contributed by atoms with van der Waals surface area (Å²) in [5, 5.41) is 0. The highest BCUT2D eigenvalue weighted by molar-refractivity contribution is 6.18. The molecule has 2 N–H and O–H groups in total. The minimum atomic E-state index is -0.691. The third kappa shape index (κ3) is 3.79. The zero-order chi connectivity index (χ0) is 12.0.